The van der Waals surface area contributed by atoms with E-state index in [1.807, 2.05) is 42.7 Å². The van der Waals surface area contributed by atoms with E-state index in [0.717, 1.165) is 17.0 Å². The molecule has 84 valence electrons. The van der Waals surface area contributed by atoms with Crippen LogP contribution < -0.4 is 0 Å². The first kappa shape index (κ1) is 10.7. The Hall–Kier alpha value is -1.84. The van der Waals surface area contributed by atoms with Gasteiger partial charge in [-0.25, -0.2) is 9.98 Å². The van der Waals surface area contributed by atoms with Gasteiger partial charge in [-0.1, -0.05) is 0 Å². The number of hydrogen-bond acceptors (Lipinski definition) is 2. The fourth-order valence-electron chi connectivity index (χ4n) is 1.61. The summed E-state index contributed by atoms with van der Waals surface area (Å²) in [4.78, 5) is 10.6. The second kappa shape index (κ2) is 3.96. The van der Waals surface area contributed by atoms with Gasteiger partial charge in [-0.15, -0.1) is 0 Å². The molecule has 0 saturated carbocycles. The largest absolute Gasteiger partial charge is 0.369 e. The molecule has 0 spiro atoms. The third-order valence-corrected chi connectivity index (χ3v) is 2.39. The van der Waals surface area contributed by atoms with Crippen LogP contribution in [0.1, 0.15) is 11.3 Å². The summed E-state index contributed by atoms with van der Waals surface area (Å²) in [6.45, 7) is 4.08. The van der Waals surface area contributed by atoms with E-state index >= 15 is 0 Å². The number of aromatic nitrogens is 2. The van der Waals surface area contributed by atoms with E-state index in [1.54, 1.807) is 6.34 Å². The summed E-state index contributed by atoms with van der Waals surface area (Å²) in [6.07, 6.45) is 3.61. The first-order valence-electron chi connectivity index (χ1n) is 5.23. The van der Waals surface area contributed by atoms with Gasteiger partial charge in [0.15, 0.2) is 0 Å². The Bertz CT molecular complexity index is 537. The second-order valence-electron chi connectivity index (χ2n) is 4.18. The van der Waals surface area contributed by atoms with Gasteiger partial charge < -0.3 is 4.90 Å². The topological polar surface area (TPSA) is 32.9 Å². The molecule has 0 aliphatic carbocycles. The van der Waals surface area contributed by atoms with Crippen molar-refractivity contribution in [3.8, 4) is 0 Å². The average molecular weight is 216 g/mol. The smallest absolute Gasteiger partial charge is 0.140 e. The molecule has 2 aromatic rings. The molecule has 0 fully saturated rings. The first-order valence-corrected chi connectivity index (χ1v) is 5.23. The summed E-state index contributed by atoms with van der Waals surface area (Å²) in [5.74, 6) is 0.907. The van der Waals surface area contributed by atoms with Crippen molar-refractivity contribution in [3.05, 3.63) is 29.7 Å². The number of hydrogen-bond donors (Lipinski definition) is 0. The normalized spacial score (nSPS) is 11.5. The molecule has 0 N–H and O–H groups in total. The predicted molar refractivity (Wildman–Crippen MR) is 66.5 cm³/mol. The summed E-state index contributed by atoms with van der Waals surface area (Å²) < 4.78 is 2.00. The van der Waals surface area contributed by atoms with Crippen molar-refractivity contribution in [2.75, 3.05) is 14.1 Å². The molecule has 0 saturated heterocycles. The molecule has 0 amide bonds. The molecule has 16 heavy (non-hydrogen) atoms. The van der Waals surface area contributed by atoms with Gasteiger partial charge in [-0.05, 0) is 31.5 Å². The number of nitrogens with zero attached hydrogens (tertiary/aromatic N) is 4. The lowest BCUT2D eigenvalue weighted by Gasteiger charge is -2.05. The third kappa shape index (κ3) is 1.91. The van der Waals surface area contributed by atoms with Crippen molar-refractivity contribution >= 4 is 17.7 Å². The Morgan fingerprint density at radius 2 is 2.06 bits per heavy atom. The maximum absolute atomic E-state index is 4.43. The van der Waals surface area contributed by atoms with Crippen molar-refractivity contribution in [1.82, 2.24) is 14.3 Å². The van der Waals surface area contributed by atoms with Gasteiger partial charge in [0.05, 0.1) is 17.5 Å². The molecule has 2 aromatic heterocycles. The van der Waals surface area contributed by atoms with Gasteiger partial charge in [-0.2, -0.15) is 0 Å². The maximum Gasteiger partial charge on any atom is 0.140 e. The van der Waals surface area contributed by atoms with Gasteiger partial charge in [0.25, 0.3) is 0 Å². The van der Waals surface area contributed by atoms with Gasteiger partial charge in [-0.3, -0.25) is 4.40 Å². The highest BCUT2D eigenvalue weighted by atomic mass is 15.1. The van der Waals surface area contributed by atoms with Gasteiger partial charge in [0.2, 0.25) is 0 Å². The fourth-order valence-corrected chi connectivity index (χ4v) is 1.61. The van der Waals surface area contributed by atoms with Gasteiger partial charge in [0, 0.05) is 14.1 Å². The minimum atomic E-state index is 0.907. The number of aryl methyl sites for hydroxylation is 2. The lowest BCUT2D eigenvalue weighted by molar-refractivity contribution is 0.643. The Balaban J connectivity index is 2.59. The van der Waals surface area contributed by atoms with Crippen LogP contribution in [-0.4, -0.2) is 34.7 Å². The molecule has 0 unspecified atom stereocenters. The summed E-state index contributed by atoms with van der Waals surface area (Å²) in [7, 11) is 3.91. The fraction of sp³-hybridized carbons (Fsp3) is 0.333. The Labute approximate surface area is 95.2 Å². The van der Waals surface area contributed by atoms with Crippen LogP contribution in [-0.2, 0) is 0 Å². The number of aliphatic imine (C=N–C) groups is 1. The average Bonchev–Trinajstić information content (AvgIpc) is 2.57. The Morgan fingerprint density at radius 3 is 2.75 bits per heavy atom. The van der Waals surface area contributed by atoms with Crippen molar-refractivity contribution < 1.29 is 0 Å². The van der Waals surface area contributed by atoms with Crippen LogP contribution in [0.3, 0.4) is 0 Å². The summed E-state index contributed by atoms with van der Waals surface area (Å²) in [5.41, 5.74) is 3.35. The highest BCUT2D eigenvalue weighted by Crippen LogP contribution is 2.20. The molecule has 4 nitrogen and oxygen atoms in total. The van der Waals surface area contributed by atoms with Crippen molar-refractivity contribution in [1.29, 1.82) is 0 Å². The van der Waals surface area contributed by atoms with E-state index in [2.05, 4.69) is 23.0 Å². The van der Waals surface area contributed by atoms with E-state index in [1.165, 1.54) is 5.56 Å². The summed E-state index contributed by atoms with van der Waals surface area (Å²) in [5, 5.41) is 0. The second-order valence-corrected chi connectivity index (χ2v) is 4.18. The number of rotatable bonds is 2. The molecule has 2 rings (SSSR count). The predicted octanol–water partition coefficient (Wildman–Crippen LogP) is 2.17. The standard InChI is InChI=1S/C12H16N4/c1-9-5-11-10(2)13-8-16(11)12(6-9)14-7-15(3)4/h5-8H,1-4H3/b14-7-. The SMILES string of the molecule is Cc1cc(/N=C\N(C)C)n2cnc(C)c2c1. The van der Waals surface area contributed by atoms with Gasteiger partial charge >= 0.3 is 0 Å². The van der Waals surface area contributed by atoms with E-state index < -0.39 is 0 Å². The molecule has 0 aliphatic heterocycles. The van der Waals surface area contributed by atoms with Crippen molar-refractivity contribution in [2.45, 2.75) is 13.8 Å². The van der Waals surface area contributed by atoms with E-state index in [9.17, 15) is 0 Å². The zero-order chi connectivity index (χ0) is 11.7. The van der Waals surface area contributed by atoms with Crippen LogP contribution in [0.4, 0.5) is 5.82 Å². The molecule has 2 heterocycles. The van der Waals surface area contributed by atoms with Crippen LogP contribution in [0.2, 0.25) is 0 Å². The molecule has 0 aliphatic rings. The summed E-state index contributed by atoms with van der Waals surface area (Å²) >= 11 is 0. The molecule has 0 bridgehead atoms. The molecular formula is C12H16N4. The van der Waals surface area contributed by atoms with Crippen LogP contribution in [0.25, 0.3) is 5.52 Å². The zero-order valence-corrected chi connectivity index (χ0v) is 10.1. The van der Waals surface area contributed by atoms with E-state index in [-0.39, 0.29) is 0 Å². The molecule has 0 atom stereocenters. The molecule has 4 heteroatoms. The quantitative estimate of drug-likeness (QED) is 0.569. The monoisotopic (exact) mass is 216 g/mol. The lowest BCUT2D eigenvalue weighted by Crippen LogP contribution is -2.07. The first-order chi connectivity index (χ1) is 7.58. The summed E-state index contributed by atoms with van der Waals surface area (Å²) in [6, 6.07) is 4.17. The van der Waals surface area contributed by atoms with Gasteiger partial charge in [0.1, 0.15) is 12.1 Å². The van der Waals surface area contributed by atoms with Crippen LogP contribution in [0.15, 0.2) is 23.5 Å². The third-order valence-electron chi connectivity index (χ3n) is 2.39. The van der Waals surface area contributed by atoms with Crippen LogP contribution in [0, 0.1) is 13.8 Å². The molecular weight excluding hydrogens is 200 g/mol. The van der Waals surface area contributed by atoms with Crippen LogP contribution >= 0.6 is 0 Å². The van der Waals surface area contributed by atoms with Crippen LogP contribution in [0.5, 0.6) is 0 Å². The maximum atomic E-state index is 4.43. The highest BCUT2D eigenvalue weighted by Gasteiger charge is 2.04. The Morgan fingerprint density at radius 1 is 1.31 bits per heavy atom. The zero-order valence-electron chi connectivity index (χ0n) is 10.1. The number of fused-ring (bicyclic) bond motifs is 1. The minimum Gasteiger partial charge on any atom is -0.369 e. The number of imidazole rings is 1. The van der Waals surface area contributed by atoms with E-state index in [0.29, 0.717) is 0 Å². The number of pyridine rings is 1. The Kier molecular flexibility index (Phi) is 2.64. The van der Waals surface area contributed by atoms with Crippen molar-refractivity contribution in [3.63, 3.8) is 0 Å². The minimum absolute atomic E-state index is 0.907. The van der Waals surface area contributed by atoms with E-state index in [4.69, 9.17) is 0 Å². The highest BCUT2D eigenvalue weighted by molar-refractivity contribution is 5.64. The molecule has 0 aromatic carbocycles. The molecule has 0 radical (unpaired) electrons. The lowest BCUT2D eigenvalue weighted by atomic mass is 10.2. The van der Waals surface area contributed by atoms with Crippen molar-refractivity contribution in [2.24, 2.45) is 4.99 Å².